The number of halogens is 3. The summed E-state index contributed by atoms with van der Waals surface area (Å²) in [6.45, 7) is 3.30. The van der Waals surface area contributed by atoms with E-state index >= 15 is 0 Å². The van der Waals surface area contributed by atoms with Gasteiger partial charge in [-0.25, -0.2) is 0 Å². The summed E-state index contributed by atoms with van der Waals surface area (Å²) < 4.78 is 43.3. The first-order chi connectivity index (χ1) is 13.2. The van der Waals surface area contributed by atoms with Gasteiger partial charge in [0, 0.05) is 6.04 Å². The van der Waals surface area contributed by atoms with Crippen molar-refractivity contribution in [2.75, 3.05) is 11.9 Å². The minimum Gasteiger partial charge on any atom is -0.484 e. The molecule has 2 N–H and O–H groups in total. The second-order valence-electron chi connectivity index (χ2n) is 6.19. The zero-order valence-corrected chi connectivity index (χ0v) is 15.5. The Labute approximate surface area is 160 Å². The van der Waals surface area contributed by atoms with Crippen molar-refractivity contribution >= 4 is 17.5 Å². The summed E-state index contributed by atoms with van der Waals surface area (Å²) in [6.07, 6.45) is -3.74. The van der Waals surface area contributed by atoms with Crippen LogP contribution in [0.5, 0.6) is 5.75 Å². The number of carbonyl (C=O) groups is 2. The van der Waals surface area contributed by atoms with Crippen LogP contribution >= 0.6 is 0 Å². The largest absolute Gasteiger partial charge is 0.484 e. The van der Waals surface area contributed by atoms with Crippen LogP contribution in [0.1, 0.15) is 36.2 Å². The van der Waals surface area contributed by atoms with E-state index < -0.39 is 24.3 Å². The van der Waals surface area contributed by atoms with Gasteiger partial charge in [0.25, 0.3) is 11.8 Å². The Hall–Kier alpha value is -3.03. The predicted molar refractivity (Wildman–Crippen MR) is 99.2 cm³/mol. The second-order valence-corrected chi connectivity index (χ2v) is 6.19. The molecular weight excluding hydrogens is 373 g/mol. The Bertz CT molecular complexity index is 837. The molecule has 2 rings (SSSR count). The summed E-state index contributed by atoms with van der Waals surface area (Å²) in [5.41, 5.74) is -0.284. The normalized spacial score (nSPS) is 12.2. The van der Waals surface area contributed by atoms with Crippen molar-refractivity contribution in [2.24, 2.45) is 0 Å². The summed E-state index contributed by atoms with van der Waals surface area (Å²) in [6, 6.07) is 10.7. The number of nitrogens with one attached hydrogen (secondary N) is 2. The zero-order chi connectivity index (χ0) is 20.7. The third-order valence-corrected chi connectivity index (χ3v) is 3.97. The van der Waals surface area contributed by atoms with Gasteiger partial charge in [0.05, 0.1) is 16.8 Å². The lowest BCUT2D eigenvalue weighted by molar-refractivity contribution is -0.137. The quantitative estimate of drug-likeness (QED) is 0.738. The molecule has 0 unspecified atom stereocenters. The van der Waals surface area contributed by atoms with Crippen LogP contribution in [-0.4, -0.2) is 24.5 Å². The Balaban J connectivity index is 2.01. The van der Waals surface area contributed by atoms with E-state index in [-0.39, 0.29) is 23.3 Å². The molecule has 0 aliphatic rings. The van der Waals surface area contributed by atoms with Crippen molar-refractivity contribution in [3.05, 3.63) is 59.7 Å². The molecule has 0 saturated heterocycles. The van der Waals surface area contributed by atoms with Gasteiger partial charge in [-0.15, -0.1) is 0 Å². The number of hydrogen-bond acceptors (Lipinski definition) is 3. The highest BCUT2D eigenvalue weighted by Crippen LogP contribution is 2.31. The topological polar surface area (TPSA) is 67.4 Å². The van der Waals surface area contributed by atoms with E-state index in [4.69, 9.17) is 4.74 Å². The van der Waals surface area contributed by atoms with Crippen molar-refractivity contribution in [2.45, 2.75) is 32.5 Å². The van der Waals surface area contributed by atoms with E-state index in [2.05, 4.69) is 10.6 Å². The predicted octanol–water partition coefficient (Wildman–Crippen LogP) is 4.25. The highest BCUT2D eigenvalue weighted by Gasteiger charge is 2.30. The van der Waals surface area contributed by atoms with Crippen molar-refractivity contribution in [1.82, 2.24) is 5.32 Å². The number of ether oxygens (including phenoxy) is 1. The van der Waals surface area contributed by atoms with E-state index in [0.29, 0.717) is 5.69 Å². The van der Waals surface area contributed by atoms with E-state index in [0.717, 1.165) is 18.6 Å². The number of hydrogen-bond donors (Lipinski definition) is 2. The fourth-order valence-electron chi connectivity index (χ4n) is 2.29. The monoisotopic (exact) mass is 394 g/mol. The Morgan fingerprint density at radius 3 is 2.50 bits per heavy atom. The number of rotatable bonds is 7. The molecule has 0 fully saturated rings. The molecular formula is C20H21F3N2O3. The molecule has 2 aromatic carbocycles. The minimum atomic E-state index is -4.50. The summed E-state index contributed by atoms with van der Waals surface area (Å²) in [5.74, 6) is -1.00. The van der Waals surface area contributed by atoms with Gasteiger partial charge in [0.2, 0.25) is 0 Å². The molecule has 0 heterocycles. The van der Waals surface area contributed by atoms with Gasteiger partial charge in [-0.2, -0.15) is 13.2 Å². The molecule has 0 spiro atoms. The smallest absolute Gasteiger partial charge is 0.416 e. The van der Waals surface area contributed by atoms with Gasteiger partial charge in [-0.1, -0.05) is 25.1 Å². The Morgan fingerprint density at radius 1 is 1.11 bits per heavy atom. The molecule has 0 bridgehead atoms. The van der Waals surface area contributed by atoms with Crippen LogP contribution in [0.25, 0.3) is 0 Å². The van der Waals surface area contributed by atoms with Gasteiger partial charge < -0.3 is 15.4 Å². The van der Waals surface area contributed by atoms with E-state index in [1.54, 1.807) is 24.3 Å². The average molecular weight is 394 g/mol. The van der Waals surface area contributed by atoms with Crippen LogP contribution in [0.2, 0.25) is 0 Å². The molecule has 2 amide bonds. The maximum Gasteiger partial charge on any atom is 0.416 e. The average Bonchev–Trinajstić information content (AvgIpc) is 2.66. The summed E-state index contributed by atoms with van der Waals surface area (Å²) in [5, 5.41) is 5.36. The first-order valence-electron chi connectivity index (χ1n) is 8.70. The summed E-state index contributed by atoms with van der Waals surface area (Å²) in [7, 11) is 0. The lowest BCUT2D eigenvalue weighted by Gasteiger charge is -2.15. The molecule has 0 aliphatic heterocycles. The molecule has 5 nitrogen and oxygen atoms in total. The summed E-state index contributed by atoms with van der Waals surface area (Å²) >= 11 is 0. The maximum atomic E-state index is 12.7. The molecule has 28 heavy (non-hydrogen) atoms. The highest BCUT2D eigenvalue weighted by molar-refractivity contribution is 6.04. The number of para-hydroxylation sites is 1. The van der Waals surface area contributed by atoms with E-state index in [9.17, 15) is 22.8 Å². The third kappa shape index (κ3) is 6.00. The molecule has 150 valence electrons. The van der Waals surface area contributed by atoms with Crippen LogP contribution in [0.3, 0.4) is 0 Å². The molecule has 0 aromatic heterocycles. The van der Waals surface area contributed by atoms with Crippen LogP contribution in [0.4, 0.5) is 18.9 Å². The second kappa shape index (κ2) is 9.25. The molecule has 0 saturated carbocycles. The number of amides is 2. The van der Waals surface area contributed by atoms with Gasteiger partial charge in [-0.05, 0) is 43.7 Å². The van der Waals surface area contributed by atoms with Crippen molar-refractivity contribution in [3.8, 4) is 5.75 Å². The van der Waals surface area contributed by atoms with Gasteiger partial charge in [0.1, 0.15) is 5.75 Å². The SMILES string of the molecule is CC[C@H](C)NC(=O)c1ccccc1NC(=O)COc1cccc(C(F)(F)F)c1. The van der Waals surface area contributed by atoms with Crippen LogP contribution in [0, 0.1) is 0 Å². The van der Waals surface area contributed by atoms with Gasteiger partial charge in [0.15, 0.2) is 6.61 Å². The van der Waals surface area contributed by atoms with Crippen molar-refractivity contribution in [1.29, 1.82) is 0 Å². The molecule has 0 radical (unpaired) electrons. The first-order valence-corrected chi connectivity index (χ1v) is 8.70. The Morgan fingerprint density at radius 2 is 1.82 bits per heavy atom. The Kier molecular flexibility index (Phi) is 7.03. The van der Waals surface area contributed by atoms with Crippen molar-refractivity contribution < 1.29 is 27.5 Å². The molecule has 1 atom stereocenters. The number of alkyl halides is 3. The highest BCUT2D eigenvalue weighted by atomic mass is 19.4. The fraction of sp³-hybridized carbons (Fsp3) is 0.300. The first kappa shape index (κ1) is 21.3. The summed E-state index contributed by atoms with van der Waals surface area (Å²) in [4.78, 5) is 24.5. The van der Waals surface area contributed by atoms with E-state index in [1.807, 2.05) is 13.8 Å². The zero-order valence-electron chi connectivity index (χ0n) is 15.5. The minimum absolute atomic E-state index is 0.0273. The number of carbonyl (C=O) groups excluding carboxylic acids is 2. The lowest BCUT2D eigenvalue weighted by atomic mass is 10.1. The van der Waals surface area contributed by atoms with Gasteiger partial charge in [-0.3, -0.25) is 9.59 Å². The van der Waals surface area contributed by atoms with Crippen molar-refractivity contribution in [3.63, 3.8) is 0 Å². The standard InChI is InChI=1S/C20H21F3N2O3/c1-3-13(2)24-19(27)16-9-4-5-10-17(16)25-18(26)12-28-15-8-6-7-14(11-15)20(21,22)23/h4-11,13H,3,12H2,1-2H3,(H,24,27)(H,25,26)/t13-/m0/s1. The maximum absolute atomic E-state index is 12.7. The molecule has 8 heteroatoms. The fourth-order valence-corrected chi connectivity index (χ4v) is 2.29. The van der Waals surface area contributed by atoms with E-state index in [1.165, 1.54) is 12.1 Å². The number of anilines is 1. The molecule has 0 aliphatic carbocycles. The number of benzene rings is 2. The third-order valence-electron chi connectivity index (χ3n) is 3.97. The van der Waals surface area contributed by atoms with Gasteiger partial charge >= 0.3 is 6.18 Å². The van der Waals surface area contributed by atoms with Crippen LogP contribution in [0.15, 0.2) is 48.5 Å². The molecule has 2 aromatic rings. The lowest BCUT2D eigenvalue weighted by Crippen LogP contribution is -2.33. The van der Waals surface area contributed by atoms with Crippen LogP contribution < -0.4 is 15.4 Å². The van der Waals surface area contributed by atoms with Crippen LogP contribution in [-0.2, 0) is 11.0 Å².